The number of aromatic nitrogens is 2. The molecule has 3 rings (SSSR count). The van der Waals surface area contributed by atoms with Crippen molar-refractivity contribution in [3.63, 3.8) is 0 Å². The van der Waals surface area contributed by atoms with Crippen molar-refractivity contribution in [1.82, 2.24) is 14.9 Å². The number of carbonyl (C=O) groups excluding carboxylic acids is 1. The summed E-state index contributed by atoms with van der Waals surface area (Å²) in [6.45, 7) is -0.123. The third kappa shape index (κ3) is 4.00. The van der Waals surface area contributed by atoms with Crippen LogP contribution in [0.2, 0.25) is 5.02 Å². The lowest BCUT2D eigenvalue weighted by Gasteiger charge is -2.13. The topological polar surface area (TPSA) is 56.1 Å². The van der Waals surface area contributed by atoms with Gasteiger partial charge < -0.3 is 14.6 Å². The number of nitrogens with one attached hydrogen (secondary N) is 1. The van der Waals surface area contributed by atoms with Gasteiger partial charge in [-0.15, -0.1) is 0 Å². The Morgan fingerprint density at radius 2 is 2.00 bits per heavy atom. The summed E-state index contributed by atoms with van der Waals surface area (Å²) < 4.78 is 46.0. The van der Waals surface area contributed by atoms with Crippen LogP contribution < -0.4 is 10.1 Å². The van der Waals surface area contributed by atoms with Crippen molar-refractivity contribution in [2.45, 2.75) is 12.7 Å². The van der Waals surface area contributed by atoms with E-state index in [4.69, 9.17) is 16.3 Å². The second-order valence-corrected chi connectivity index (χ2v) is 6.11. The number of alkyl halides is 3. The molecule has 1 amide bonds. The average Bonchev–Trinajstić information content (AvgIpc) is 3.01. The summed E-state index contributed by atoms with van der Waals surface area (Å²) >= 11 is 5.90. The van der Waals surface area contributed by atoms with Crippen molar-refractivity contribution in [2.24, 2.45) is 0 Å². The van der Waals surface area contributed by atoms with Crippen LogP contribution in [0.3, 0.4) is 0 Å². The highest BCUT2D eigenvalue weighted by Gasteiger charge is 2.37. The number of hydrogen-bond acceptors (Lipinski definition) is 3. The zero-order chi connectivity index (χ0) is 19.6. The van der Waals surface area contributed by atoms with E-state index in [9.17, 15) is 18.0 Å². The van der Waals surface area contributed by atoms with E-state index in [1.807, 2.05) is 0 Å². The molecule has 1 N–H and O–H groups in total. The van der Waals surface area contributed by atoms with E-state index in [1.165, 1.54) is 19.2 Å². The fourth-order valence-corrected chi connectivity index (χ4v) is 2.92. The van der Waals surface area contributed by atoms with Gasteiger partial charge in [-0.2, -0.15) is 13.2 Å². The number of ether oxygens (including phenoxy) is 1. The number of benzene rings is 2. The van der Waals surface area contributed by atoms with Crippen molar-refractivity contribution in [2.75, 3.05) is 13.7 Å². The zero-order valence-corrected chi connectivity index (χ0v) is 14.9. The summed E-state index contributed by atoms with van der Waals surface area (Å²) in [5, 5.41) is 2.94. The zero-order valence-electron chi connectivity index (χ0n) is 14.2. The minimum Gasteiger partial charge on any atom is -0.496 e. The van der Waals surface area contributed by atoms with Crippen LogP contribution in [0.1, 0.15) is 16.2 Å². The van der Waals surface area contributed by atoms with E-state index in [2.05, 4.69) is 10.3 Å². The maximum absolute atomic E-state index is 13.3. The second kappa shape index (κ2) is 7.48. The third-order valence-electron chi connectivity index (χ3n) is 3.94. The summed E-state index contributed by atoms with van der Waals surface area (Å²) in [5.41, 5.74) is 0.795. The molecule has 1 aromatic heterocycles. The molecule has 0 aliphatic carbocycles. The minimum absolute atomic E-state index is 0.0298. The van der Waals surface area contributed by atoms with Gasteiger partial charge in [0.15, 0.2) is 0 Å². The first-order chi connectivity index (χ1) is 12.8. The van der Waals surface area contributed by atoms with Crippen LogP contribution in [0.25, 0.3) is 11.0 Å². The predicted molar refractivity (Wildman–Crippen MR) is 95.1 cm³/mol. The fourth-order valence-electron chi connectivity index (χ4n) is 2.75. The average molecular weight is 398 g/mol. The molecular formula is C18H15ClF3N3O2. The Hall–Kier alpha value is -2.74. The lowest BCUT2D eigenvalue weighted by molar-refractivity contribution is -0.146. The summed E-state index contributed by atoms with van der Waals surface area (Å²) in [6.07, 6.45) is -4.60. The lowest BCUT2D eigenvalue weighted by atomic mass is 10.2. The van der Waals surface area contributed by atoms with E-state index >= 15 is 0 Å². The smallest absolute Gasteiger partial charge is 0.449 e. The van der Waals surface area contributed by atoms with E-state index in [0.29, 0.717) is 16.3 Å². The van der Waals surface area contributed by atoms with Crippen LogP contribution in [0.4, 0.5) is 13.2 Å². The molecule has 0 saturated carbocycles. The molecule has 0 radical (unpaired) electrons. The molecule has 3 aromatic rings. The highest BCUT2D eigenvalue weighted by molar-refractivity contribution is 6.31. The van der Waals surface area contributed by atoms with Crippen molar-refractivity contribution in [3.8, 4) is 5.75 Å². The van der Waals surface area contributed by atoms with Gasteiger partial charge in [0, 0.05) is 18.1 Å². The van der Waals surface area contributed by atoms with Gasteiger partial charge in [0.05, 0.1) is 23.7 Å². The molecule has 0 aliphatic heterocycles. The second-order valence-electron chi connectivity index (χ2n) is 5.67. The highest BCUT2D eigenvalue weighted by atomic mass is 35.5. The van der Waals surface area contributed by atoms with Crippen molar-refractivity contribution in [1.29, 1.82) is 0 Å². The molecule has 0 saturated heterocycles. The van der Waals surface area contributed by atoms with Gasteiger partial charge >= 0.3 is 6.18 Å². The SMILES string of the molecule is COc1ccc(Cl)cc1C(=O)NCCn1c(C(F)(F)F)nc2ccccc21. The van der Waals surface area contributed by atoms with Crippen LogP contribution in [0.15, 0.2) is 42.5 Å². The first-order valence-electron chi connectivity index (χ1n) is 7.95. The van der Waals surface area contributed by atoms with Crippen LogP contribution in [-0.4, -0.2) is 29.1 Å². The molecule has 27 heavy (non-hydrogen) atoms. The first kappa shape index (κ1) is 19.0. The molecule has 0 bridgehead atoms. The molecule has 1 heterocycles. The van der Waals surface area contributed by atoms with Gasteiger partial charge in [-0.05, 0) is 30.3 Å². The Bertz CT molecular complexity index is 986. The highest BCUT2D eigenvalue weighted by Crippen LogP contribution is 2.31. The van der Waals surface area contributed by atoms with E-state index < -0.39 is 17.9 Å². The van der Waals surface area contributed by atoms with Gasteiger partial charge in [0.2, 0.25) is 5.82 Å². The molecule has 9 heteroatoms. The molecule has 142 valence electrons. The molecule has 0 unspecified atom stereocenters. The maximum atomic E-state index is 13.3. The number of halogens is 4. The van der Waals surface area contributed by atoms with Gasteiger partial charge in [0.1, 0.15) is 5.75 Å². The Morgan fingerprint density at radius 3 is 2.70 bits per heavy atom. The van der Waals surface area contributed by atoms with Crippen LogP contribution in [-0.2, 0) is 12.7 Å². The summed E-state index contributed by atoms with van der Waals surface area (Å²) in [6, 6.07) is 10.9. The number of nitrogens with zero attached hydrogens (tertiary/aromatic N) is 2. The van der Waals surface area contributed by atoms with E-state index in [0.717, 1.165) is 4.57 Å². The Morgan fingerprint density at radius 1 is 1.26 bits per heavy atom. The minimum atomic E-state index is -4.60. The number of para-hydroxylation sites is 2. The molecule has 2 aromatic carbocycles. The van der Waals surface area contributed by atoms with Gasteiger partial charge in [-0.25, -0.2) is 4.98 Å². The molecule has 5 nitrogen and oxygen atoms in total. The van der Waals surface area contributed by atoms with E-state index in [-0.39, 0.29) is 24.2 Å². The van der Waals surface area contributed by atoms with E-state index in [1.54, 1.807) is 30.3 Å². The van der Waals surface area contributed by atoms with Crippen LogP contribution in [0, 0.1) is 0 Å². The lowest BCUT2D eigenvalue weighted by Crippen LogP contribution is -2.29. The van der Waals surface area contributed by atoms with Gasteiger partial charge in [0.25, 0.3) is 5.91 Å². The van der Waals surface area contributed by atoms with Gasteiger partial charge in [-0.3, -0.25) is 4.79 Å². The number of hydrogen-bond donors (Lipinski definition) is 1. The Labute approximate surface area is 157 Å². The number of imidazole rings is 1. The molecular weight excluding hydrogens is 383 g/mol. The maximum Gasteiger partial charge on any atom is 0.449 e. The fraction of sp³-hybridized carbons (Fsp3) is 0.222. The summed E-state index contributed by atoms with van der Waals surface area (Å²) in [4.78, 5) is 16.0. The normalized spacial score (nSPS) is 11.6. The standard InChI is InChI=1S/C18H15ClF3N3O2/c1-27-15-7-6-11(19)10-12(15)16(26)23-8-9-25-14-5-3-2-4-13(14)24-17(25)18(20,21)22/h2-7,10H,8-9H2,1H3,(H,23,26). The summed E-state index contributed by atoms with van der Waals surface area (Å²) in [7, 11) is 1.41. The number of methoxy groups -OCH3 is 1. The van der Waals surface area contributed by atoms with Crippen molar-refractivity contribution < 1.29 is 22.7 Å². The predicted octanol–water partition coefficient (Wildman–Crippen LogP) is 4.15. The van der Waals surface area contributed by atoms with Crippen molar-refractivity contribution in [3.05, 3.63) is 58.9 Å². The molecule has 0 atom stereocenters. The number of rotatable bonds is 5. The number of carbonyl (C=O) groups is 1. The van der Waals surface area contributed by atoms with Crippen LogP contribution >= 0.6 is 11.6 Å². The molecule has 0 spiro atoms. The quantitative estimate of drug-likeness (QED) is 0.703. The Kier molecular flexibility index (Phi) is 5.27. The monoisotopic (exact) mass is 397 g/mol. The Balaban J connectivity index is 1.80. The molecule has 0 aliphatic rings. The van der Waals surface area contributed by atoms with Gasteiger partial charge in [-0.1, -0.05) is 23.7 Å². The number of amides is 1. The number of fused-ring (bicyclic) bond motifs is 1. The van der Waals surface area contributed by atoms with Crippen molar-refractivity contribution >= 4 is 28.5 Å². The largest absolute Gasteiger partial charge is 0.496 e. The van der Waals surface area contributed by atoms with Crippen LogP contribution in [0.5, 0.6) is 5.75 Å². The summed E-state index contributed by atoms with van der Waals surface area (Å²) in [5.74, 6) is -1.17. The third-order valence-corrected chi connectivity index (χ3v) is 4.17. The molecule has 0 fully saturated rings. The first-order valence-corrected chi connectivity index (χ1v) is 8.33.